The average Bonchev–Trinajstić information content (AvgIpc) is 2.61. The van der Waals surface area contributed by atoms with Gasteiger partial charge in [-0.2, -0.15) is 0 Å². The van der Waals surface area contributed by atoms with Gasteiger partial charge < -0.3 is 19.9 Å². The number of methoxy groups -OCH3 is 1. The molecule has 1 aromatic rings. The molecule has 1 fully saturated rings. The van der Waals surface area contributed by atoms with Crippen LogP contribution in [0, 0.1) is 0 Å². The molecule has 1 aromatic carbocycles. The first kappa shape index (κ1) is 18.1. The first-order chi connectivity index (χ1) is 11.6. The second-order valence-electron chi connectivity index (χ2n) is 6.00. The largest absolute Gasteiger partial charge is 0.497 e. The quantitative estimate of drug-likeness (QED) is 0.814. The number of nitrogens with one attached hydrogen (secondary N) is 1. The van der Waals surface area contributed by atoms with Gasteiger partial charge in [0, 0.05) is 25.3 Å². The van der Waals surface area contributed by atoms with Gasteiger partial charge in [-0.25, -0.2) is 4.79 Å². The number of rotatable bonds is 6. The van der Waals surface area contributed by atoms with Crippen LogP contribution < -0.4 is 15.0 Å². The molecule has 0 bridgehead atoms. The van der Waals surface area contributed by atoms with Crippen LogP contribution in [-0.4, -0.2) is 49.6 Å². The first-order valence-corrected chi connectivity index (χ1v) is 8.58. The van der Waals surface area contributed by atoms with Gasteiger partial charge in [0.05, 0.1) is 7.11 Å². The Balaban J connectivity index is 1.95. The van der Waals surface area contributed by atoms with Gasteiger partial charge in [0.1, 0.15) is 11.8 Å². The van der Waals surface area contributed by atoms with Crippen molar-refractivity contribution in [1.82, 2.24) is 10.2 Å². The maximum Gasteiger partial charge on any atom is 0.318 e. The summed E-state index contributed by atoms with van der Waals surface area (Å²) in [6, 6.07) is 6.78. The molecule has 1 aliphatic heterocycles. The summed E-state index contributed by atoms with van der Waals surface area (Å²) >= 11 is 0. The highest BCUT2D eigenvalue weighted by Gasteiger charge is 2.34. The van der Waals surface area contributed by atoms with Gasteiger partial charge in [-0.3, -0.25) is 4.79 Å². The molecule has 6 nitrogen and oxygen atoms in total. The fraction of sp³-hybridized carbons (Fsp3) is 0.556. The van der Waals surface area contributed by atoms with Crippen molar-refractivity contribution in [3.8, 4) is 5.75 Å². The molecule has 1 atom stereocenters. The zero-order chi connectivity index (χ0) is 17.5. The van der Waals surface area contributed by atoms with E-state index in [1.807, 2.05) is 24.3 Å². The number of ether oxygens (including phenoxy) is 1. The van der Waals surface area contributed by atoms with Crippen molar-refractivity contribution in [3.63, 3.8) is 0 Å². The second kappa shape index (κ2) is 8.57. The molecule has 1 saturated heterocycles. The van der Waals surface area contributed by atoms with Crippen LogP contribution >= 0.6 is 0 Å². The fourth-order valence-electron chi connectivity index (χ4n) is 2.84. The Labute approximate surface area is 143 Å². The Morgan fingerprint density at radius 2 is 1.96 bits per heavy atom. The molecule has 0 saturated carbocycles. The molecule has 0 unspecified atom stereocenters. The monoisotopic (exact) mass is 333 g/mol. The van der Waals surface area contributed by atoms with Gasteiger partial charge in [0.2, 0.25) is 5.91 Å². The van der Waals surface area contributed by atoms with E-state index in [0.717, 1.165) is 30.7 Å². The van der Waals surface area contributed by atoms with Crippen molar-refractivity contribution in [3.05, 3.63) is 24.3 Å². The Morgan fingerprint density at radius 3 is 2.58 bits per heavy atom. The van der Waals surface area contributed by atoms with E-state index in [2.05, 4.69) is 12.2 Å². The predicted molar refractivity (Wildman–Crippen MR) is 94.4 cm³/mol. The van der Waals surface area contributed by atoms with E-state index in [-0.39, 0.29) is 11.9 Å². The topological polar surface area (TPSA) is 61.9 Å². The lowest BCUT2D eigenvalue weighted by Crippen LogP contribution is -2.59. The van der Waals surface area contributed by atoms with Gasteiger partial charge in [-0.05, 0) is 37.6 Å². The van der Waals surface area contributed by atoms with E-state index in [4.69, 9.17) is 4.74 Å². The van der Waals surface area contributed by atoms with Crippen molar-refractivity contribution in [2.45, 2.75) is 39.2 Å². The standard InChI is InChI=1S/C18H27N3O3/c1-4-5-6-11-19-18(23)20-12-13-21(17(22)14(20)2)15-7-9-16(24-3)10-8-15/h7-10,14H,4-6,11-13H2,1-3H3,(H,19,23)/t14-/m1/s1. The minimum absolute atomic E-state index is 0.0601. The number of carbonyl (C=O) groups is 2. The summed E-state index contributed by atoms with van der Waals surface area (Å²) in [7, 11) is 1.61. The maximum absolute atomic E-state index is 12.6. The zero-order valence-electron chi connectivity index (χ0n) is 14.7. The van der Waals surface area contributed by atoms with E-state index in [9.17, 15) is 9.59 Å². The highest BCUT2D eigenvalue weighted by Crippen LogP contribution is 2.23. The smallest absolute Gasteiger partial charge is 0.318 e. The second-order valence-corrected chi connectivity index (χ2v) is 6.00. The molecule has 0 spiro atoms. The van der Waals surface area contributed by atoms with Crippen LogP contribution in [0.1, 0.15) is 33.1 Å². The summed E-state index contributed by atoms with van der Waals surface area (Å²) in [5.41, 5.74) is 0.829. The summed E-state index contributed by atoms with van der Waals surface area (Å²) < 4.78 is 5.14. The summed E-state index contributed by atoms with van der Waals surface area (Å²) in [6.07, 6.45) is 3.18. The molecule has 1 heterocycles. The van der Waals surface area contributed by atoms with Crippen molar-refractivity contribution in [2.75, 3.05) is 31.6 Å². The molecule has 3 amide bonds. The predicted octanol–water partition coefficient (Wildman–Crippen LogP) is 2.63. The van der Waals surface area contributed by atoms with Gasteiger partial charge in [0.15, 0.2) is 0 Å². The van der Waals surface area contributed by atoms with Crippen molar-refractivity contribution in [1.29, 1.82) is 0 Å². The van der Waals surface area contributed by atoms with Crippen LogP contribution in [0.15, 0.2) is 24.3 Å². The summed E-state index contributed by atoms with van der Waals surface area (Å²) in [5, 5.41) is 2.91. The minimum atomic E-state index is -0.466. The number of anilines is 1. The Bertz CT molecular complexity index is 559. The number of carbonyl (C=O) groups excluding carboxylic acids is 2. The van der Waals surface area contributed by atoms with Crippen LogP contribution in [0.3, 0.4) is 0 Å². The van der Waals surface area contributed by atoms with E-state index in [1.54, 1.807) is 23.8 Å². The number of hydrogen-bond acceptors (Lipinski definition) is 3. The van der Waals surface area contributed by atoms with Gasteiger partial charge >= 0.3 is 6.03 Å². The summed E-state index contributed by atoms with van der Waals surface area (Å²) in [4.78, 5) is 28.3. The van der Waals surface area contributed by atoms with Crippen molar-refractivity contribution >= 4 is 17.6 Å². The number of unbranched alkanes of at least 4 members (excludes halogenated alkanes) is 2. The van der Waals surface area contributed by atoms with Crippen LogP contribution in [0.2, 0.25) is 0 Å². The van der Waals surface area contributed by atoms with Gasteiger partial charge in [-0.1, -0.05) is 19.8 Å². The van der Waals surface area contributed by atoms with E-state index in [1.165, 1.54) is 0 Å². The van der Waals surface area contributed by atoms with E-state index in [0.29, 0.717) is 19.6 Å². The van der Waals surface area contributed by atoms with Crippen LogP contribution in [0.4, 0.5) is 10.5 Å². The van der Waals surface area contributed by atoms with Crippen molar-refractivity contribution < 1.29 is 14.3 Å². The average molecular weight is 333 g/mol. The van der Waals surface area contributed by atoms with Crippen LogP contribution in [-0.2, 0) is 4.79 Å². The molecule has 1 N–H and O–H groups in total. The molecule has 6 heteroatoms. The molecular weight excluding hydrogens is 306 g/mol. The third kappa shape index (κ3) is 4.19. The number of urea groups is 1. The Morgan fingerprint density at radius 1 is 1.25 bits per heavy atom. The molecule has 0 aromatic heterocycles. The van der Waals surface area contributed by atoms with Crippen LogP contribution in [0.5, 0.6) is 5.75 Å². The Kier molecular flexibility index (Phi) is 6.46. The third-order valence-electron chi connectivity index (χ3n) is 4.36. The minimum Gasteiger partial charge on any atom is -0.497 e. The number of amides is 3. The van der Waals surface area contributed by atoms with Crippen LogP contribution in [0.25, 0.3) is 0 Å². The number of nitrogens with zero attached hydrogens (tertiary/aromatic N) is 2. The molecule has 0 radical (unpaired) electrons. The number of hydrogen-bond donors (Lipinski definition) is 1. The number of benzene rings is 1. The lowest BCUT2D eigenvalue weighted by molar-refractivity contribution is -0.124. The number of piperazine rings is 1. The zero-order valence-corrected chi connectivity index (χ0v) is 14.7. The first-order valence-electron chi connectivity index (χ1n) is 8.58. The summed E-state index contributed by atoms with van der Waals surface area (Å²) in [6.45, 7) is 5.59. The van der Waals surface area contributed by atoms with Crippen molar-refractivity contribution in [2.24, 2.45) is 0 Å². The molecule has 132 valence electrons. The highest BCUT2D eigenvalue weighted by molar-refractivity contribution is 6.00. The molecule has 24 heavy (non-hydrogen) atoms. The lowest BCUT2D eigenvalue weighted by Gasteiger charge is -2.39. The molecule has 1 aliphatic rings. The summed E-state index contributed by atoms with van der Waals surface area (Å²) in [5.74, 6) is 0.694. The van der Waals surface area contributed by atoms with E-state index < -0.39 is 6.04 Å². The Hall–Kier alpha value is -2.24. The van der Waals surface area contributed by atoms with E-state index >= 15 is 0 Å². The normalized spacial score (nSPS) is 17.8. The van der Waals surface area contributed by atoms with Gasteiger partial charge in [0.25, 0.3) is 0 Å². The SMILES string of the molecule is CCCCCNC(=O)N1CCN(c2ccc(OC)cc2)C(=O)[C@H]1C. The molecule has 2 rings (SSSR count). The lowest BCUT2D eigenvalue weighted by atomic mass is 10.1. The van der Waals surface area contributed by atoms with Gasteiger partial charge in [-0.15, -0.1) is 0 Å². The molecule has 0 aliphatic carbocycles. The third-order valence-corrected chi connectivity index (χ3v) is 4.36. The fourth-order valence-corrected chi connectivity index (χ4v) is 2.84. The molecular formula is C18H27N3O3. The highest BCUT2D eigenvalue weighted by atomic mass is 16.5. The maximum atomic E-state index is 12.6.